The molecule has 0 radical (unpaired) electrons. The van der Waals surface area contributed by atoms with Crippen molar-refractivity contribution in [3.05, 3.63) is 11.3 Å². The summed E-state index contributed by atoms with van der Waals surface area (Å²) in [6.07, 6.45) is 9.94. The number of hydrogen-bond donors (Lipinski definition) is 0. The van der Waals surface area contributed by atoms with Gasteiger partial charge in [0, 0.05) is 0 Å². The molecule has 2 aliphatic carbocycles. The second kappa shape index (κ2) is 3.09. The molecular formula is C15H22O2. The molecule has 3 fully saturated rings. The lowest BCUT2D eigenvalue weighted by Crippen LogP contribution is -2.24. The van der Waals surface area contributed by atoms with Gasteiger partial charge in [0.05, 0.1) is 0 Å². The molecule has 94 valence electrons. The largest absolute Gasteiger partial charge is 0.450 e. The molecule has 0 aromatic carbocycles. The first-order valence-electron chi connectivity index (χ1n) is 7.23. The summed E-state index contributed by atoms with van der Waals surface area (Å²) in [4.78, 5) is 0. The highest BCUT2D eigenvalue weighted by atomic mass is 16.9. The van der Waals surface area contributed by atoms with Crippen molar-refractivity contribution < 1.29 is 9.47 Å². The van der Waals surface area contributed by atoms with Crippen LogP contribution in [0.1, 0.15) is 58.8 Å². The predicted molar refractivity (Wildman–Crippen MR) is 65.3 cm³/mol. The SMILES string of the molecule is CC1(C)CC2OC23OC3=C1CC1CCCCC1. The lowest BCUT2D eigenvalue weighted by atomic mass is 9.71. The van der Waals surface area contributed by atoms with E-state index in [-0.39, 0.29) is 5.79 Å². The van der Waals surface area contributed by atoms with Gasteiger partial charge in [-0.05, 0) is 29.7 Å². The van der Waals surface area contributed by atoms with E-state index in [1.165, 1.54) is 44.3 Å². The summed E-state index contributed by atoms with van der Waals surface area (Å²) < 4.78 is 11.5. The molecule has 2 unspecified atom stereocenters. The van der Waals surface area contributed by atoms with E-state index in [0.29, 0.717) is 11.5 Å². The maximum Gasteiger partial charge on any atom is 0.296 e. The third-order valence-corrected chi connectivity index (χ3v) is 5.22. The monoisotopic (exact) mass is 234 g/mol. The van der Waals surface area contributed by atoms with Crippen molar-refractivity contribution >= 4 is 0 Å². The number of allylic oxidation sites excluding steroid dienone is 1. The minimum absolute atomic E-state index is 0.181. The zero-order chi connectivity index (χ0) is 11.7. The van der Waals surface area contributed by atoms with E-state index in [2.05, 4.69) is 13.8 Å². The van der Waals surface area contributed by atoms with Gasteiger partial charge in [-0.2, -0.15) is 0 Å². The highest BCUT2D eigenvalue weighted by molar-refractivity contribution is 5.42. The molecule has 1 spiro atoms. The molecular weight excluding hydrogens is 212 g/mol. The molecule has 0 aromatic rings. The molecule has 1 saturated carbocycles. The summed E-state index contributed by atoms with van der Waals surface area (Å²) in [7, 11) is 0. The average Bonchev–Trinajstić information content (AvgIpc) is 3.16. The van der Waals surface area contributed by atoms with Gasteiger partial charge in [-0.1, -0.05) is 46.0 Å². The summed E-state index contributed by atoms with van der Waals surface area (Å²) in [6, 6.07) is 0. The van der Waals surface area contributed by atoms with Crippen LogP contribution in [0, 0.1) is 11.3 Å². The van der Waals surface area contributed by atoms with E-state index in [1.807, 2.05) is 0 Å². The molecule has 2 saturated heterocycles. The molecule has 2 aliphatic heterocycles. The molecule has 2 heterocycles. The van der Waals surface area contributed by atoms with E-state index in [1.54, 1.807) is 5.57 Å². The Bertz CT molecular complexity index is 390. The van der Waals surface area contributed by atoms with Gasteiger partial charge in [-0.3, -0.25) is 0 Å². The van der Waals surface area contributed by atoms with E-state index >= 15 is 0 Å². The van der Waals surface area contributed by atoms with Crippen LogP contribution in [0.25, 0.3) is 0 Å². The number of epoxide rings is 2. The van der Waals surface area contributed by atoms with Gasteiger partial charge in [0.25, 0.3) is 5.79 Å². The van der Waals surface area contributed by atoms with Crippen LogP contribution in [-0.4, -0.2) is 11.9 Å². The zero-order valence-electron chi connectivity index (χ0n) is 10.9. The molecule has 0 aromatic heterocycles. The van der Waals surface area contributed by atoms with E-state index in [4.69, 9.17) is 9.47 Å². The molecule has 4 rings (SSSR count). The Morgan fingerprint density at radius 1 is 1.18 bits per heavy atom. The number of hydrogen-bond acceptors (Lipinski definition) is 2. The first-order chi connectivity index (χ1) is 8.12. The number of ether oxygens (including phenoxy) is 2. The predicted octanol–water partition coefficient (Wildman–Crippen LogP) is 3.77. The molecule has 0 N–H and O–H groups in total. The standard InChI is InChI=1S/C15H22O2/c1-14(2)9-12-15(16-12)13(17-15)11(14)8-10-6-4-3-5-7-10/h10,12H,3-9H2,1-2H3. The van der Waals surface area contributed by atoms with Crippen molar-refractivity contribution in [2.45, 2.75) is 70.7 Å². The van der Waals surface area contributed by atoms with Crippen LogP contribution in [0.4, 0.5) is 0 Å². The smallest absolute Gasteiger partial charge is 0.296 e. The molecule has 0 amide bonds. The maximum atomic E-state index is 5.79. The fraction of sp³-hybridized carbons (Fsp3) is 0.867. The second-order valence-electron chi connectivity index (χ2n) is 6.98. The fourth-order valence-electron chi connectivity index (χ4n) is 3.98. The Morgan fingerprint density at radius 3 is 2.71 bits per heavy atom. The Kier molecular flexibility index (Phi) is 1.89. The van der Waals surface area contributed by atoms with Gasteiger partial charge in [0.1, 0.15) is 6.10 Å². The molecule has 4 aliphatic rings. The van der Waals surface area contributed by atoms with Crippen LogP contribution in [0.15, 0.2) is 11.3 Å². The first kappa shape index (κ1) is 10.4. The van der Waals surface area contributed by atoms with Gasteiger partial charge < -0.3 is 9.47 Å². The van der Waals surface area contributed by atoms with Gasteiger partial charge in [-0.25, -0.2) is 0 Å². The molecule has 0 bridgehead atoms. The van der Waals surface area contributed by atoms with E-state index in [9.17, 15) is 0 Å². The van der Waals surface area contributed by atoms with Crippen molar-refractivity contribution in [1.82, 2.24) is 0 Å². The minimum atomic E-state index is -0.181. The topological polar surface area (TPSA) is 25.1 Å². The lowest BCUT2D eigenvalue weighted by molar-refractivity contribution is 0.239. The number of rotatable bonds is 2. The van der Waals surface area contributed by atoms with Crippen molar-refractivity contribution in [3.8, 4) is 0 Å². The van der Waals surface area contributed by atoms with Gasteiger partial charge >= 0.3 is 0 Å². The Hall–Kier alpha value is -0.500. The highest BCUT2D eigenvalue weighted by Gasteiger charge is 2.79. The lowest BCUT2D eigenvalue weighted by Gasteiger charge is -2.31. The minimum Gasteiger partial charge on any atom is -0.450 e. The normalized spacial score (nSPS) is 42.6. The summed E-state index contributed by atoms with van der Waals surface area (Å²) in [6.45, 7) is 4.73. The maximum absolute atomic E-state index is 5.79. The van der Waals surface area contributed by atoms with Crippen LogP contribution in [0.3, 0.4) is 0 Å². The Labute approximate surface area is 103 Å². The van der Waals surface area contributed by atoms with Crippen molar-refractivity contribution in [2.75, 3.05) is 0 Å². The average molecular weight is 234 g/mol. The molecule has 2 nitrogen and oxygen atoms in total. The summed E-state index contributed by atoms with van der Waals surface area (Å²) in [5, 5.41) is 0. The quantitative estimate of drug-likeness (QED) is 0.679. The first-order valence-corrected chi connectivity index (χ1v) is 7.23. The van der Waals surface area contributed by atoms with Crippen LogP contribution < -0.4 is 0 Å². The van der Waals surface area contributed by atoms with Crippen LogP contribution in [0.5, 0.6) is 0 Å². The van der Waals surface area contributed by atoms with E-state index in [0.717, 1.165) is 12.3 Å². The van der Waals surface area contributed by atoms with Crippen LogP contribution >= 0.6 is 0 Å². The van der Waals surface area contributed by atoms with Gasteiger partial charge in [0.15, 0.2) is 5.76 Å². The summed E-state index contributed by atoms with van der Waals surface area (Å²) >= 11 is 0. The van der Waals surface area contributed by atoms with Gasteiger partial charge in [0.2, 0.25) is 0 Å². The van der Waals surface area contributed by atoms with Crippen molar-refractivity contribution in [1.29, 1.82) is 0 Å². The molecule has 2 atom stereocenters. The Balaban J connectivity index is 1.57. The molecule has 17 heavy (non-hydrogen) atoms. The summed E-state index contributed by atoms with van der Waals surface area (Å²) in [5.41, 5.74) is 1.88. The van der Waals surface area contributed by atoms with Gasteiger partial charge in [-0.15, -0.1) is 0 Å². The van der Waals surface area contributed by atoms with E-state index < -0.39 is 0 Å². The Morgan fingerprint density at radius 2 is 1.94 bits per heavy atom. The highest BCUT2D eigenvalue weighted by Crippen LogP contribution is 2.68. The van der Waals surface area contributed by atoms with Crippen molar-refractivity contribution in [2.24, 2.45) is 11.3 Å². The fourth-order valence-corrected chi connectivity index (χ4v) is 3.98. The second-order valence-corrected chi connectivity index (χ2v) is 6.98. The van der Waals surface area contributed by atoms with Crippen molar-refractivity contribution in [3.63, 3.8) is 0 Å². The molecule has 2 heteroatoms. The van der Waals surface area contributed by atoms with Crippen LogP contribution in [0.2, 0.25) is 0 Å². The summed E-state index contributed by atoms with van der Waals surface area (Å²) in [5.74, 6) is 1.95. The van der Waals surface area contributed by atoms with Crippen LogP contribution in [-0.2, 0) is 9.47 Å². The zero-order valence-corrected chi connectivity index (χ0v) is 10.9. The third kappa shape index (κ3) is 1.43. The third-order valence-electron chi connectivity index (χ3n) is 5.22.